The van der Waals surface area contributed by atoms with Gasteiger partial charge in [-0.25, -0.2) is 0 Å². The SMILES string of the molecule is CC1Oc2ccc(CNC(=O)Cc3ccccc3Cl)cc2NC1=O. The number of fused-ring (bicyclic) bond motifs is 1. The highest BCUT2D eigenvalue weighted by molar-refractivity contribution is 6.31. The van der Waals surface area contributed by atoms with E-state index in [1.807, 2.05) is 24.3 Å². The molecule has 0 aliphatic carbocycles. The highest BCUT2D eigenvalue weighted by atomic mass is 35.5. The molecule has 6 heteroatoms. The summed E-state index contributed by atoms with van der Waals surface area (Å²) in [5.74, 6) is 0.338. The number of carbonyl (C=O) groups excluding carboxylic acids is 2. The first kappa shape index (κ1) is 16.3. The third kappa shape index (κ3) is 3.68. The zero-order valence-electron chi connectivity index (χ0n) is 13.1. The van der Waals surface area contributed by atoms with Crippen molar-refractivity contribution in [2.75, 3.05) is 5.32 Å². The Morgan fingerprint density at radius 1 is 1.29 bits per heavy atom. The van der Waals surface area contributed by atoms with Crippen LogP contribution in [0.1, 0.15) is 18.1 Å². The third-order valence-electron chi connectivity index (χ3n) is 3.77. The molecular weight excluding hydrogens is 328 g/mol. The summed E-state index contributed by atoms with van der Waals surface area (Å²) in [6.07, 6.45) is -0.277. The monoisotopic (exact) mass is 344 g/mol. The number of rotatable bonds is 4. The summed E-state index contributed by atoms with van der Waals surface area (Å²) >= 11 is 6.06. The van der Waals surface area contributed by atoms with Crippen LogP contribution in [0.4, 0.5) is 5.69 Å². The second-order valence-electron chi connectivity index (χ2n) is 5.62. The summed E-state index contributed by atoms with van der Waals surface area (Å²) in [5, 5.41) is 6.22. The number of nitrogens with one attached hydrogen (secondary N) is 2. The van der Waals surface area contributed by atoms with Crippen molar-refractivity contribution in [3.8, 4) is 5.75 Å². The fourth-order valence-electron chi connectivity index (χ4n) is 2.44. The van der Waals surface area contributed by atoms with Gasteiger partial charge in [0.2, 0.25) is 5.91 Å². The van der Waals surface area contributed by atoms with Gasteiger partial charge in [-0.15, -0.1) is 0 Å². The molecule has 1 atom stereocenters. The Bertz CT molecular complexity index is 792. The Kier molecular flexibility index (Phi) is 4.71. The van der Waals surface area contributed by atoms with E-state index >= 15 is 0 Å². The lowest BCUT2D eigenvalue weighted by molar-refractivity contribution is -0.123. The molecule has 0 spiro atoms. The zero-order chi connectivity index (χ0) is 17.1. The minimum Gasteiger partial charge on any atom is -0.479 e. The molecule has 0 saturated heterocycles. The van der Waals surface area contributed by atoms with Crippen molar-refractivity contribution < 1.29 is 14.3 Å². The first-order valence-electron chi connectivity index (χ1n) is 7.63. The van der Waals surface area contributed by atoms with E-state index in [9.17, 15) is 9.59 Å². The van der Waals surface area contributed by atoms with Gasteiger partial charge < -0.3 is 15.4 Å². The lowest BCUT2D eigenvalue weighted by Gasteiger charge is -2.23. The van der Waals surface area contributed by atoms with Gasteiger partial charge >= 0.3 is 0 Å². The van der Waals surface area contributed by atoms with Crippen LogP contribution in [0.5, 0.6) is 5.75 Å². The van der Waals surface area contributed by atoms with Crippen molar-refractivity contribution >= 4 is 29.1 Å². The lowest BCUT2D eigenvalue weighted by atomic mass is 10.1. The van der Waals surface area contributed by atoms with Crippen molar-refractivity contribution in [3.05, 3.63) is 58.6 Å². The van der Waals surface area contributed by atoms with E-state index in [1.54, 1.807) is 25.1 Å². The average Bonchev–Trinajstić information content (AvgIpc) is 2.56. The van der Waals surface area contributed by atoms with Crippen LogP contribution in [-0.2, 0) is 22.6 Å². The quantitative estimate of drug-likeness (QED) is 0.896. The summed E-state index contributed by atoms with van der Waals surface area (Å²) in [4.78, 5) is 23.7. The Morgan fingerprint density at radius 3 is 2.88 bits per heavy atom. The van der Waals surface area contributed by atoms with E-state index in [0.29, 0.717) is 23.0 Å². The molecule has 1 aliphatic heterocycles. The Hall–Kier alpha value is -2.53. The maximum atomic E-state index is 12.1. The second-order valence-corrected chi connectivity index (χ2v) is 6.03. The van der Waals surface area contributed by atoms with Crippen LogP contribution in [0.2, 0.25) is 5.02 Å². The van der Waals surface area contributed by atoms with Crippen LogP contribution < -0.4 is 15.4 Å². The molecule has 0 bridgehead atoms. The van der Waals surface area contributed by atoms with Crippen LogP contribution >= 0.6 is 11.6 Å². The summed E-state index contributed by atoms with van der Waals surface area (Å²) < 4.78 is 5.50. The Labute approximate surface area is 145 Å². The van der Waals surface area contributed by atoms with Crippen LogP contribution in [-0.4, -0.2) is 17.9 Å². The number of hydrogen-bond acceptors (Lipinski definition) is 3. The Morgan fingerprint density at radius 2 is 2.08 bits per heavy atom. The van der Waals surface area contributed by atoms with Crippen LogP contribution in [0.3, 0.4) is 0 Å². The van der Waals surface area contributed by atoms with Crippen molar-refractivity contribution in [3.63, 3.8) is 0 Å². The van der Waals surface area contributed by atoms with Gasteiger partial charge in [-0.1, -0.05) is 35.9 Å². The molecule has 124 valence electrons. The van der Waals surface area contributed by atoms with E-state index in [1.165, 1.54) is 0 Å². The van der Waals surface area contributed by atoms with E-state index in [0.717, 1.165) is 11.1 Å². The van der Waals surface area contributed by atoms with Gasteiger partial charge in [-0.2, -0.15) is 0 Å². The number of halogens is 1. The molecule has 0 fully saturated rings. The van der Waals surface area contributed by atoms with Crippen molar-refractivity contribution in [1.82, 2.24) is 5.32 Å². The molecule has 2 aromatic rings. The molecule has 1 heterocycles. The van der Waals surface area contributed by atoms with E-state index in [2.05, 4.69) is 10.6 Å². The lowest BCUT2D eigenvalue weighted by Crippen LogP contribution is -2.34. The largest absolute Gasteiger partial charge is 0.479 e. The fraction of sp³-hybridized carbons (Fsp3) is 0.222. The molecule has 0 saturated carbocycles. The molecule has 24 heavy (non-hydrogen) atoms. The zero-order valence-corrected chi connectivity index (χ0v) is 13.9. The smallest absolute Gasteiger partial charge is 0.265 e. The summed E-state index contributed by atoms with van der Waals surface area (Å²) in [6.45, 7) is 2.06. The summed E-state index contributed by atoms with van der Waals surface area (Å²) in [5.41, 5.74) is 2.28. The molecular formula is C18H17ClN2O3. The predicted molar refractivity (Wildman–Crippen MR) is 92.2 cm³/mol. The maximum absolute atomic E-state index is 12.1. The third-order valence-corrected chi connectivity index (χ3v) is 4.14. The molecule has 0 aromatic heterocycles. The minimum absolute atomic E-state index is 0.116. The highest BCUT2D eigenvalue weighted by Gasteiger charge is 2.23. The minimum atomic E-state index is -0.501. The van der Waals surface area contributed by atoms with E-state index in [4.69, 9.17) is 16.3 Å². The number of carbonyl (C=O) groups is 2. The molecule has 0 radical (unpaired) electrons. The molecule has 5 nitrogen and oxygen atoms in total. The number of hydrogen-bond donors (Lipinski definition) is 2. The van der Waals surface area contributed by atoms with Crippen molar-refractivity contribution in [1.29, 1.82) is 0 Å². The van der Waals surface area contributed by atoms with Gasteiger partial charge in [0.05, 0.1) is 12.1 Å². The second kappa shape index (κ2) is 6.93. The average molecular weight is 345 g/mol. The highest BCUT2D eigenvalue weighted by Crippen LogP contribution is 2.30. The van der Waals surface area contributed by atoms with Gasteiger partial charge in [0.25, 0.3) is 5.91 Å². The fourth-order valence-corrected chi connectivity index (χ4v) is 2.65. The molecule has 1 unspecified atom stereocenters. The van der Waals surface area contributed by atoms with E-state index < -0.39 is 6.10 Å². The van der Waals surface area contributed by atoms with Crippen LogP contribution in [0.25, 0.3) is 0 Å². The van der Waals surface area contributed by atoms with Crippen molar-refractivity contribution in [2.45, 2.75) is 26.0 Å². The first-order valence-corrected chi connectivity index (χ1v) is 8.01. The number of benzene rings is 2. The molecule has 2 amide bonds. The predicted octanol–water partition coefficient (Wildman–Crippen LogP) is 2.92. The normalized spacial score (nSPS) is 15.9. The van der Waals surface area contributed by atoms with Gasteiger partial charge in [-0.05, 0) is 36.2 Å². The summed E-state index contributed by atoms with van der Waals surface area (Å²) in [7, 11) is 0. The standard InChI is InChI=1S/C18H17ClN2O3/c1-11-18(23)21-15-8-12(6-7-16(15)24-11)10-20-17(22)9-13-4-2-3-5-14(13)19/h2-8,11H,9-10H2,1H3,(H,20,22)(H,21,23). The molecule has 3 rings (SSSR count). The van der Waals surface area contributed by atoms with Gasteiger partial charge in [0.15, 0.2) is 6.10 Å². The number of anilines is 1. The maximum Gasteiger partial charge on any atom is 0.265 e. The number of amides is 2. The molecule has 2 N–H and O–H groups in total. The van der Waals surface area contributed by atoms with Gasteiger partial charge in [0, 0.05) is 11.6 Å². The first-order chi connectivity index (χ1) is 11.5. The van der Waals surface area contributed by atoms with Gasteiger partial charge in [0.1, 0.15) is 5.75 Å². The van der Waals surface area contributed by atoms with Crippen LogP contribution in [0, 0.1) is 0 Å². The summed E-state index contributed by atoms with van der Waals surface area (Å²) in [6, 6.07) is 12.7. The van der Waals surface area contributed by atoms with E-state index in [-0.39, 0.29) is 18.2 Å². The molecule has 2 aromatic carbocycles. The number of ether oxygens (including phenoxy) is 1. The van der Waals surface area contributed by atoms with Crippen molar-refractivity contribution in [2.24, 2.45) is 0 Å². The topological polar surface area (TPSA) is 67.4 Å². The van der Waals surface area contributed by atoms with Gasteiger partial charge in [-0.3, -0.25) is 9.59 Å². The van der Waals surface area contributed by atoms with Crippen LogP contribution in [0.15, 0.2) is 42.5 Å². The molecule has 1 aliphatic rings. The Balaban J connectivity index is 1.61.